The van der Waals surface area contributed by atoms with Gasteiger partial charge in [-0.3, -0.25) is 4.79 Å². The molecular formula is C23H22FNO3. The van der Waals surface area contributed by atoms with Crippen LogP contribution in [0.5, 0.6) is 11.5 Å². The third kappa shape index (κ3) is 5.33. The largest absolute Gasteiger partial charge is 0.488 e. The van der Waals surface area contributed by atoms with Crippen LogP contribution in [-0.2, 0) is 4.79 Å². The number of hydrogen-bond acceptors (Lipinski definition) is 3. The highest BCUT2D eigenvalue weighted by atomic mass is 19.1. The summed E-state index contributed by atoms with van der Waals surface area (Å²) in [7, 11) is 0. The monoisotopic (exact) mass is 379 g/mol. The second-order valence-corrected chi connectivity index (χ2v) is 6.29. The number of benzene rings is 3. The first-order valence-electron chi connectivity index (χ1n) is 9.08. The third-order valence-corrected chi connectivity index (χ3v) is 4.19. The van der Waals surface area contributed by atoms with Gasteiger partial charge in [0.05, 0.1) is 6.04 Å². The molecule has 0 saturated heterocycles. The van der Waals surface area contributed by atoms with Crippen molar-refractivity contribution in [3.8, 4) is 11.5 Å². The zero-order valence-corrected chi connectivity index (χ0v) is 15.5. The number of ether oxygens (including phenoxy) is 2. The van der Waals surface area contributed by atoms with E-state index in [0.29, 0.717) is 5.75 Å². The van der Waals surface area contributed by atoms with E-state index in [1.54, 1.807) is 37.3 Å². The number of para-hydroxylation sites is 2. The van der Waals surface area contributed by atoms with E-state index in [1.165, 1.54) is 6.07 Å². The second kappa shape index (κ2) is 9.55. The highest BCUT2D eigenvalue weighted by Gasteiger charge is 2.21. The van der Waals surface area contributed by atoms with Crippen LogP contribution in [0.2, 0.25) is 0 Å². The maximum Gasteiger partial charge on any atom is 0.261 e. The number of hydrogen-bond donors (Lipinski definition) is 1. The summed E-state index contributed by atoms with van der Waals surface area (Å²) in [6, 6.07) is 24.3. The van der Waals surface area contributed by atoms with Crippen LogP contribution in [0.15, 0.2) is 84.9 Å². The summed E-state index contributed by atoms with van der Waals surface area (Å²) < 4.78 is 25.1. The lowest BCUT2D eigenvalue weighted by molar-refractivity contribution is -0.128. The molecule has 0 aliphatic carbocycles. The summed E-state index contributed by atoms with van der Waals surface area (Å²) in [5.41, 5.74) is 0.860. The minimum absolute atomic E-state index is 0.0920. The molecule has 1 N–H and O–H groups in total. The molecule has 0 aliphatic heterocycles. The van der Waals surface area contributed by atoms with Crippen LogP contribution in [0.25, 0.3) is 0 Å². The predicted molar refractivity (Wildman–Crippen MR) is 106 cm³/mol. The van der Waals surface area contributed by atoms with Gasteiger partial charge >= 0.3 is 0 Å². The fourth-order valence-corrected chi connectivity index (χ4v) is 2.69. The molecule has 0 bridgehead atoms. The van der Waals surface area contributed by atoms with E-state index in [0.717, 1.165) is 5.56 Å². The number of rotatable bonds is 8. The second-order valence-electron chi connectivity index (χ2n) is 6.29. The summed E-state index contributed by atoms with van der Waals surface area (Å²) in [6.45, 7) is 1.77. The minimum atomic E-state index is -0.693. The quantitative estimate of drug-likeness (QED) is 0.626. The van der Waals surface area contributed by atoms with E-state index in [-0.39, 0.29) is 18.3 Å². The van der Waals surface area contributed by atoms with Crippen LogP contribution in [0.1, 0.15) is 18.5 Å². The maximum atomic E-state index is 13.8. The standard InChI is InChI=1S/C23H22FNO3/c1-17(28-19-12-6-3-7-13-19)23(26)25-21(18-10-4-2-5-11-18)16-27-22-15-9-8-14-20(22)24/h2-15,17,21H,16H2,1H3,(H,25,26)/t17-,21+/m1/s1. The van der Waals surface area contributed by atoms with Crippen molar-refractivity contribution in [2.45, 2.75) is 19.1 Å². The molecule has 28 heavy (non-hydrogen) atoms. The fourth-order valence-electron chi connectivity index (χ4n) is 2.69. The Morgan fingerprint density at radius 1 is 0.929 bits per heavy atom. The summed E-state index contributed by atoms with van der Waals surface area (Å²) in [5.74, 6) is 0.0338. The van der Waals surface area contributed by atoms with Crippen molar-refractivity contribution >= 4 is 5.91 Å². The highest BCUT2D eigenvalue weighted by molar-refractivity contribution is 5.81. The average Bonchev–Trinajstić information content (AvgIpc) is 2.73. The number of carbonyl (C=O) groups excluding carboxylic acids is 1. The fraction of sp³-hybridized carbons (Fsp3) is 0.174. The van der Waals surface area contributed by atoms with E-state index >= 15 is 0 Å². The zero-order valence-electron chi connectivity index (χ0n) is 15.5. The highest BCUT2D eigenvalue weighted by Crippen LogP contribution is 2.20. The van der Waals surface area contributed by atoms with Crippen molar-refractivity contribution in [2.75, 3.05) is 6.61 Å². The van der Waals surface area contributed by atoms with Gasteiger partial charge in [0.1, 0.15) is 12.4 Å². The van der Waals surface area contributed by atoms with E-state index in [9.17, 15) is 9.18 Å². The van der Waals surface area contributed by atoms with E-state index in [4.69, 9.17) is 9.47 Å². The molecule has 0 unspecified atom stereocenters. The van der Waals surface area contributed by atoms with Crippen molar-refractivity contribution in [2.24, 2.45) is 0 Å². The molecule has 0 fully saturated rings. The third-order valence-electron chi connectivity index (χ3n) is 4.19. The first kappa shape index (κ1) is 19.4. The molecule has 3 aromatic rings. The molecule has 0 heterocycles. The van der Waals surface area contributed by atoms with Gasteiger partial charge in [-0.2, -0.15) is 0 Å². The van der Waals surface area contributed by atoms with Crippen LogP contribution < -0.4 is 14.8 Å². The van der Waals surface area contributed by atoms with Gasteiger partial charge in [0.2, 0.25) is 0 Å². The topological polar surface area (TPSA) is 47.6 Å². The molecule has 5 heteroatoms. The Bertz CT molecular complexity index is 887. The first-order chi connectivity index (χ1) is 13.6. The van der Waals surface area contributed by atoms with Gasteiger partial charge in [0.15, 0.2) is 17.7 Å². The van der Waals surface area contributed by atoms with E-state index in [2.05, 4.69) is 5.32 Å². The van der Waals surface area contributed by atoms with Crippen LogP contribution in [0.4, 0.5) is 4.39 Å². The van der Waals surface area contributed by atoms with Gasteiger partial charge in [-0.1, -0.05) is 60.7 Å². The Balaban J connectivity index is 1.68. The van der Waals surface area contributed by atoms with Gasteiger partial charge in [-0.15, -0.1) is 0 Å². The molecule has 2 atom stereocenters. The molecule has 3 aromatic carbocycles. The summed E-state index contributed by atoms with van der Waals surface area (Å²) in [4.78, 5) is 12.6. The van der Waals surface area contributed by atoms with Gasteiger partial charge in [0, 0.05) is 0 Å². The van der Waals surface area contributed by atoms with Gasteiger partial charge in [-0.25, -0.2) is 4.39 Å². The lowest BCUT2D eigenvalue weighted by Crippen LogP contribution is -2.40. The molecule has 0 aromatic heterocycles. The van der Waals surface area contributed by atoms with Gasteiger partial charge in [-0.05, 0) is 36.8 Å². The van der Waals surface area contributed by atoms with Crippen LogP contribution in [0.3, 0.4) is 0 Å². The Labute approximate surface area is 163 Å². The Kier molecular flexibility index (Phi) is 6.63. The van der Waals surface area contributed by atoms with Crippen molar-refractivity contribution in [1.82, 2.24) is 5.32 Å². The minimum Gasteiger partial charge on any atom is -0.488 e. The maximum absolute atomic E-state index is 13.8. The normalized spacial score (nSPS) is 12.6. The first-order valence-corrected chi connectivity index (χ1v) is 9.08. The molecule has 3 rings (SSSR count). The smallest absolute Gasteiger partial charge is 0.261 e. The molecule has 4 nitrogen and oxygen atoms in total. The average molecular weight is 379 g/mol. The number of nitrogens with one attached hydrogen (secondary N) is 1. The van der Waals surface area contributed by atoms with Crippen molar-refractivity contribution < 1.29 is 18.7 Å². The summed E-state index contributed by atoms with van der Waals surface area (Å²) in [6.07, 6.45) is -0.693. The Morgan fingerprint density at radius 3 is 2.21 bits per heavy atom. The van der Waals surface area contributed by atoms with Crippen molar-refractivity contribution in [3.63, 3.8) is 0 Å². The zero-order chi connectivity index (χ0) is 19.8. The lowest BCUT2D eigenvalue weighted by atomic mass is 10.1. The number of halogens is 1. The molecule has 144 valence electrons. The van der Waals surface area contributed by atoms with Crippen LogP contribution >= 0.6 is 0 Å². The Morgan fingerprint density at radius 2 is 1.54 bits per heavy atom. The summed E-state index contributed by atoms with van der Waals surface area (Å²) >= 11 is 0. The van der Waals surface area contributed by atoms with Crippen molar-refractivity contribution in [1.29, 1.82) is 0 Å². The molecule has 0 aliphatic rings. The molecule has 0 spiro atoms. The number of amides is 1. The Hall–Kier alpha value is -3.34. The predicted octanol–water partition coefficient (Wildman–Crippen LogP) is 4.53. The summed E-state index contributed by atoms with van der Waals surface area (Å²) in [5, 5.41) is 2.93. The number of carbonyl (C=O) groups is 1. The van der Waals surface area contributed by atoms with Gasteiger partial charge < -0.3 is 14.8 Å². The van der Waals surface area contributed by atoms with Crippen molar-refractivity contribution in [3.05, 3.63) is 96.3 Å². The molecule has 0 radical (unpaired) electrons. The van der Waals surface area contributed by atoms with E-state index in [1.807, 2.05) is 48.5 Å². The molecular weight excluding hydrogens is 357 g/mol. The SMILES string of the molecule is C[C@@H](Oc1ccccc1)C(=O)N[C@@H](COc1ccccc1F)c1ccccc1. The lowest BCUT2D eigenvalue weighted by Gasteiger charge is -2.22. The van der Waals surface area contributed by atoms with E-state index < -0.39 is 18.0 Å². The van der Waals surface area contributed by atoms with Crippen LogP contribution in [-0.4, -0.2) is 18.6 Å². The van der Waals surface area contributed by atoms with Crippen LogP contribution in [0, 0.1) is 5.82 Å². The van der Waals surface area contributed by atoms with Gasteiger partial charge in [0.25, 0.3) is 5.91 Å². The molecule has 0 saturated carbocycles. The molecule has 1 amide bonds.